The number of hydrogen-bond donors (Lipinski definition) is 0. The maximum Gasteiger partial charge on any atom is 0.416 e. The van der Waals surface area contributed by atoms with Crippen LogP contribution >= 0.6 is 0 Å². The van der Waals surface area contributed by atoms with Crippen molar-refractivity contribution in [2.24, 2.45) is 0 Å². The Balaban J connectivity index is 1.93. The van der Waals surface area contributed by atoms with Crippen molar-refractivity contribution in [3.05, 3.63) is 41.0 Å². The first-order valence-corrected chi connectivity index (χ1v) is 8.94. The van der Waals surface area contributed by atoms with Crippen LogP contribution in [0.5, 0.6) is 0 Å². The van der Waals surface area contributed by atoms with Crippen molar-refractivity contribution in [3.63, 3.8) is 0 Å². The zero-order valence-electron chi connectivity index (χ0n) is 15.9. The Morgan fingerprint density at radius 1 is 1.22 bits per heavy atom. The van der Waals surface area contributed by atoms with Gasteiger partial charge in [0.15, 0.2) is 0 Å². The van der Waals surface area contributed by atoms with E-state index in [2.05, 4.69) is 0 Å². The van der Waals surface area contributed by atoms with Gasteiger partial charge in [-0.05, 0) is 62.9 Å². The number of alkyl halides is 3. The van der Waals surface area contributed by atoms with Crippen molar-refractivity contribution in [3.8, 4) is 0 Å². The second-order valence-corrected chi connectivity index (χ2v) is 8.07. The summed E-state index contributed by atoms with van der Waals surface area (Å²) in [6, 6.07) is 3.18. The van der Waals surface area contributed by atoms with Crippen LogP contribution in [0.4, 0.5) is 18.0 Å². The number of carbonyl (C=O) groups is 1. The predicted octanol–water partition coefficient (Wildman–Crippen LogP) is 4.81. The highest BCUT2D eigenvalue weighted by Gasteiger charge is 2.40. The zero-order valence-corrected chi connectivity index (χ0v) is 15.9. The molecule has 148 valence electrons. The van der Waals surface area contributed by atoms with Gasteiger partial charge in [-0.25, -0.2) is 4.79 Å². The summed E-state index contributed by atoms with van der Waals surface area (Å²) >= 11 is 0. The monoisotopic (exact) mass is 383 g/mol. The number of halogens is 3. The molecule has 1 aromatic rings. The van der Waals surface area contributed by atoms with E-state index >= 15 is 0 Å². The first-order chi connectivity index (χ1) is 12.5. The van der Waals surface area contributed by atoms with Crippen LogP contribution in [0.15, 0.2) is 24.3 Å². The molecule has 2 unspecified atom stereocenters. The lowest BCUT2D eigenvalue weighted by Gasteiger charge is -2.44. The Morgan fingerprint density at radius 3 is 2.52 bits per heavy atom. The zero-order chi connectivity index (χ0) is 20.0. The smallest absolute Gasteiger partial charge is 0.416 e. The second-order valence-electron chi connectivity index (χ2n) is 8.07. The van der Waals surface area contributed by atoms with Crippen molar-refractivity contribution in [2.75, 3.05) is 13.2 Å². The van der Waals surface area contributed by atoms with Crippen LogP contribution < -0.4 is 0 Å². The van der Waals surface area contributed by atoms with Crippen molar-refractivity contribution in [2.45, 2.75) is 58.0 Å². The highest BCUT2D eigenvalue weighted by Crippen LogP contribution is 2.37. The lowest BCUT2D eigenvalue weighted by Crippen LogP contribution is -2.57. The summed E-state index contributed by atoms with van der Waals surface area (Å²) in [4.78, 5) is 14.2. The van der Waals surface area contributed by atoms with Gasteiger partial charge in [-0.15, -0.1) is 0 Å². The van der Waals surface area contributed by atoms with Crippen LogP contribution in [0, 0.1) is 6.92 Å². The highest BCUT2D eigenvalue weighted by molar-refractivity contribution is 5.76. The minimum Gasteiger partial charge on any atom is -0.444 e. The molecule has 0 saturated carbocycles. The Kier molecular flexibility index (Phi) is 5.01. The molecule has 2 atom stereocenters. The van der Waals surface area contributed by atoms with Gasteiger partial charge in [-0.3, -0.25) is 4.90 Å². The number of nitrogens with zero attached hydrogens (tertiary/aromatic N) is 1. The largest absolute Gasteiger partial charge is 0.444 e. The van der Waals surface area contributed by atoms with Crippen LogP contribution in [-0.2, 0) is 15.7 Å². The molecule has 0 aromatic heterocycles. The molecule has 0 radical (unpaired) electrons. The third kappa shape index (κ3) is 4.29. The van der Waals surface area contributed by atoms with E-state index in [9.17, 15) is 18.0 Å². The summed E-state index contributed by atoms with van der Waals surface area (Å²) < 4.78 is 50.4. The molecule has 2 aliphatic heterocycles. The molecule has 2 bridgehead atoms. The van der Waals surface area contributed by atoms with E-state index in [1.165, 1.54) is 12.1 Å². The molecule has 1 aromatic carbocycles. The van der Waals surface area contributed by atoms with Gasteiger partial charge in [-0.1, -0.05) is 12.1 Å². The number of morpholine rings is 1. The third-order valence-electron chi connectivity index (χ3n) is 4.71. The van der Waals surface area contributed by atoms with E-state index in [0.717, 1.165) is 17.2 Å². The van der Waals surface area contributed by atoms with E-state index < -0.39 is 23.4 Å². The molecule has 3 rings (SSSR count). The fourth-order valence-electron chi connectivity index (χ4n) is 3.54. The first-order valence-electron chi connectivity index (χ1n) is 8.94. The Bertz CT molecular complexity index is 765. The van der Waals surface area contributed by atoms with Gasteiger partial charge >= 0.3 is 12.3 Å². The number of aryl methyl sites for hydroxylation is 1. The van der Waals surface area contributed by atoms with Crippen LogP contribution in [0.3, 0.4) is 0 Å². The van der Waals surface area contributed by atoms with Gasteiger partial charge in [0, 0.05) is 0 Å². The number of rotatable bonds is 1. The number of amides is 1. The third-order valence-corrected chi connectivity index (χ3v) is 4.71. The summed E-state index contributed by atoms with van der Waals surface area (Å²) in [5.74, 6) is 0. The maximum atomic E-state index is 13.1. The van der Waals surface area contributed by atoms with Crippen LogP contribution in [0.1, 0.15) is 43.9 Å². The molecule has 0 aliphatic carbocycles. The molecule has 0 N–H and O–H groups in total. The normalized spacial score (nSPS) is 23.1. The molecular formula is C20H24F3NO3. The Morgan fingerprint density at radius 2 is 1.93 bits per heavy atom. The molecule has 1 saturated heterocycles. The summed E-state index contributed by atoms with van der Waals surface area (Å²) in [5, 5.41) is 0. The summed E-state index contributed by atoms with van der Waals surface area (Å²) in [6.45, 7) is 7.84. The highest BCUT2D eigenvalue weighted by atomic mass is 19.4. The summed E-state index contributed by atoms with van der Waals surface area (Å²) in [7, 11) is 0. The number of ether oxygens (including phenoxy) is 2. The predicted molar refractivity (Wildman–Crippen MR) is 95.2 cm³/mol. The summed E-state index contributed by atoms with van der Waals surface area (Å²) in [5.41, 5.74) is 0.884. The molecule has 4 nitrogen and oxygen atoms in total. The average molecular weight is 383 g/mol. The van der Waals surface area contributed by atoms with E-state index in [-0.39, 0.29) is 12.1 Å². The van der Waals surface area contributed by atoms with Crippen molar-refractivity contribution >= 4 is 11.7 Å². The number of hydrogen-bond acceptors (Lipinski definition) is 3. The number of benzene rings is 1. The average Bonchev–Trinajstić information content (AvgIpc) is 2.51. The molecule has 1 fully saturated rings. The second kappa shape index (κ2) is 6.86. The van der Waals surface area contributed by atoms with Crippen LogP contribution in [-0.4, -0.2) is 41.9 Å². The summed E-state index contributed by atoms with van der Waals surface area (Å²) in [6.07, 6.45) is -2.55. The fraction of sp³-hybridized carbons (Fsp3) is 0.550. The van der Waals surface area contributed by atoms with Crippen molar-refractivity contribution in [1.29, 1.82) is 0 Å². The van der Waals surface area contributed by atoms with Crippen molar-refractivity contribution < 1.29 is 27.4 Å². The van der Waals surface area contributed by atoms with E-state index in [0.29, 0.717) is 25.2 Å². The molecule has 0 spiro atoms. The van der Waals surface area contributed by atoms with Gasteiger partial charge in [0.2, 0.25) is 0 Å². The molecule has 2 aliphatic rings. The van der Waals surface area contributed by atoms with E-state index in [1.807, 2.05) is 6.08 Å². The molecule has 2 heterocycles. The Labute approximate surface area is 156 Å². The molecule has 7 heteroatoms. The minimum atomic E-state index is -4.39. The van der Waals surface area contributed by atoms with Gasteiger partial charge in [-0.2, -0.15) is 13.2 Å². The van der Waals surface area contributed by atoms with Gasteiger partial charge in [0.25, 0.3) is 0 Å². The van der Waals surface area contributed by atoms with Gasteiger partial charge < -0.3 is 9.47 Å². The quantitative estimate of drug-likeness (QED) is 0.699. The lowest BCUT2D eigenvalue weighted by molar-refractivity contribution is -0.137. The molecular weight excluding hydrogens is 359 g/mol. The lowest BCUT2D eigenvalue weighted by atomic mass is 9.87. The fourth-order valence-corrected chi connectivity index (χ4v) is 3.54. The number of carbonyl (C=O) groups excluding carboxylic acids is 1. The maximum absolute atomic E-state index is 13.1. The van der Waals surface area contributed by atoms with Gasteiger partial charge in [0.1, 0.15) is 5.60 Å². The standard InChI is InChI=1S/C20H24F3NO3/c1-12-5-6-14(20(21,22)23)9-17(12)13-7-15-10-26-11-16(8-13)24(15)18(25)27-19(2,3)4/h5-7,9,15-16H,8,10-11H2,1-4H3. The van der Waals surface area contributed by atoms with Gasteiger partial charge in [0.05, 0.1) is 30.9 Å². The molecule has 1 amide bonds. The minimum absolute atomic E-state index is 0.257. The Hall–Kier alpha value is -2.02. The SMILES string of the molecule is Cc1ccc(C(F)(F)F)cc1C1=CC2COCC(C1)N2C(=O)OC(C)(C)C. The topological polar surface area (TPSA) is 38.8 Å². The van der Waals surface area contributed by atoms with Crippen LogP contribution in [0.2, 0.25) is 0 Å². The van der Waals surface area contributed by atoms with E-state index in [4.69, 9.17) is 9.47 Å². The van der Waals surface area contributed by atoms with Crippen molar-refractivity contribution in [1.82, 2.24) is 4.90 Å². The molecule has 27 heavy (non-hydrogen) atoms. The van der Waals surface area contributed by atoms with Crippen LogP contribution in [0.25, 0.3) is 5.57 Å². The van der Waals surface area contributed by atoms with E-state index in [1.54, 1.807) is 32.6 Å². The number of fused-ring (bicyclic) bond motifs is 2. The first kappa shape index (κ1) is 19.7.